The second-order valence-electron chi connectivity index (χ2n) is 3.45. The van der Waals surface area contributed by atoms with Crippen molar-refractivity contribution in [3.8, 4) is 0 Å². The number of carbonyl (C=O) groups is 1. The molecule has 0 radical (unpaired) electrons. The fraction of sp³-hybridized carbons (Fsp3) is 0.250. The van der Waals surface area contributed by atoms with Crippen molar-refractivity contribution in [3.05, 3.63) is 42.0 Å². The van der Waals surface area contributed by atoms with Crippen LogP contribution < -0.4 is 5.32 Å². The van der Waals surface area contributed by atoms with E-state index in [0.29, 0.717) is 5.56 Å². The van der Waals surface area contributed by atoms with Crippen molar-refractivity contribution >= 4 is 12.0 Å². The third kappa shape index (κ3) is 2.73. The predicted octanol–water partition coefficient (Wildman–Crippen LogP) is 2.47. The van der Waals surface area contributed by atoms with Crippen molar-refractivity contribution in [2.24, 2.45) is 0 Å². The zero-order valence-electron chi connectivity index (χ0n) is 8.58. The zero-order chi connectivity index (χ0) is 10.6. The minimum absolute atomic E-state index is 0.0318. The first-order chi connectivity index (χ1) is 6.63. The maximum Gasteiger partial charge on any atom is 0.251 e. The van der Waals surface area contributed by atoms with Crippen LogP contribution in [0, 0.1) is 0 Å². The van der Waals surface area contributed by atoms with E-state index in [9.17, 15) is 4.79 Å². The standard InChI is InChI=1S/C12H15NO/c1-4-10-5-7-11(8-6-10)12(14)13-9(2)3/h4-9H,1H2,2-3H3,(H,13,14). The first kappa shape index (κ1) is 10.5. The molecule has 14 heavy (non-hydrogen) atoms. The van der Waals surface area contributed by atoms with Crippen molar-refractivity contribution in [2.45, 2.75) is 19.9 Å². The Morgan fingerprint density at radius 1 is 1.36 bits per heavy atom. The Morgan fingerprint density at radius 2 is 1.93 bits per heavy atom. The summed E-state index contributed by atoms with van der Waals surface area (Å²) < 4.78 is 0. The predicted molar refractivity (Wildman–Crippen MR) is 59.1 cm³/mol. The number of carbonyl (C=O) groups excluding carboxylic acids is 1. The van der Waals surface area contributed by atoms with E-state index in [1.54, 1.807) is 18.2 Å². The highest BCUT2D eigenvalue weighted by molar-refractivity contribution is 5.94. The third-order valence-corrected chi connectivity index (χ3v) is 1.83. The molecule has 1 aromatic rings. The lowest BCUT2D eigenvalue weighted by molar-refractivity contribution is 0.0943. The minimum atomic E-state index is -0.0318. The maximum atomic E-state index is 11.5. The molecule has 0 atom stereocenters. The van der Waals surface area contributed by atoms with Crippen LogP contribution in [-0.2, 0) is 0 Å². The second-order valence-corrected chi connectivity index (χ2v) is 3.45. The Balaban J connectivity index is 2.76. The molecule has 2 nitrogen and oxygen atoms in total. The Kier molecular flexibility index (Phi) is 3.46. The van der Waals surface area contributed by atoms with Crippen LogP contribution in [-0.4, -0.2) is 11.9 Å². The molecule has 1 N–H and O–H groups in total. The molecule has 74 valence electrons. The molecule has 2 heteroatoms. The topological polar surface area (TPSA) is 29.1 Å². The van der Waals surface area contributed by atoms with Crippen LogP contribution >= 0.6 is 0 Å². The fourth-order valence-electron chi connectivity index (χ4n) is 1.12. The van der Waals surface area contributed by atoms with E-state index < -0.39 is 0 Å². The van der Waals surface area contributed by atoms with Gasteiger partial charge in [-0.15, -0.1) is 0 Å². The van der Waals surface area contributed by atoms with Gasteiger partial charge < -0.3 is 5.32 Å². The molecular formula is C12H15NO. The third-order valence-electron chi connectivity index (χ3n) is 1.83. The lowest BCUT2D eigenvalue weighted by Gasteiger charge is -2.07. The normalized spacial score (nSPS) is 9.93. The number of amides is 1. The van der Waals surface area contributed by atoms with Crippen LogP contribution in [0.5, 0.6) is 0 Å². The van der Waals surface area contributed by atoms with Gasteiger partial charge in [-0.2, -0.15) is 0 Å². The number of nitrogens with one attached hydrogen (secondary N) is 1. The highest BCUT2D eigenvalue weighted by Crippen LogP contribution is 2.05. The molecule has 0 bridgehead atoms. The second kappa shape index (κ2) is 4.61. The van der Waals surface area contributed by atoms with Crippen molar-refractivity contribution in [1.29, 1.82) is 0 Å². The lowest BCUT2D eigenvalue weighted by atomic mass is 10.1. The van der Waals surface area contributed by atoms with Crippen LogP contribution in [0.25, 0.3) is 6.08 Å². The Bertz CT molecular complexity index is 325. The summed E-state index contributed by atoms with van der Waals surface area (Å²) in [6.07, 6.45) is 1.75. The number of hydrogen-bond acceptors (Lipinski definition) is 1. The van der Waals surface area contributed by atoms with Crippen LogP contribution in [0.1, 0.15) is 29.8 Å². The van der Waals surface area contributed by atoms with E-state index in [1.165, 1.54) is 0 Å². The van der Waals surface area contributed by atoms with Gasteiger partial charge >= 0.3 is 0 Å². The molecule has 0 aliphatic rings. The SMILES string of the molecule is C=Cc1ccc(C(=O)NC(C)C)cc1. The molecule has 1 amide bonds. The van der Waals surface area contributed by atoms with E-state index in [4.69, 9.17) is 0 Å². The van der Waals surface area contributed by atoms with Crippen molar-refractivity contribution < 1.29 is 4.79 Å². The Morgan fingerprint density at radius 3 is 2.36 bits per heavy atom. The molecular weight excluding hydrogens is 174 g/mol. The van der Waals surface area contributed by atoms with Gasteiger partial charge in [0, 0.05) is 11.6 Å². The molecule has 0 fully saturated rings. The average Bonchev–Trinajstić information content (AvgIpc) is 2.17. The van der Waals surface area contributed by atoms with Gasteiger partial charge in [0.05, 0.1) is 0 Å². The summed E-state index contributed by atoms with van der Waals surface area (Å²) >= 11 is 0. The molecule has 0 heterocycles. The molecule has 0 aliphatic carbocycles. The van der Waals surface area contributed by atoms with E-state index in [1.807, 2.05) is 26.0 Å². The van der Waals surface area contributed by atoms with Gasteiger partial charge in [-0.05, 0) is 31.5 Å². The van der Waals surface area contributed by atoms with Gasteiger partial charge in [-0.25, -0.2) is 0 Å². The van der Waals surface area contributed by atoms with Gasteiger partial charge in [-0.3, -0.25) is 4.79 Å². The van der Waals surface area contributed by atoms with Crippen LogP contribution in [0.2, 0.25) is 0 Å². The van der Waals surface area contributed by atoms with Gasteiger partial charge in [0.15, 0.2) is 0 Å². The fourth-order valence-corrected chi connectivity index (χ4v) is 1.12. The summed E-state index contributed by atoms with van der Waals surface area (Å²) in [6.45, 7) is 7.53. The highest BCUT2D eigenvalue weighted by atomic mass is 16.1. The largest absolute Gasteiger partial charge is 0.350 e. The first-order valence-corrected chi connectivity index (χ1v) is 4.67. The van der Waals surface area contributed by atoms with Gasteiger partial charge in [0.1, 0.15) is 0 Å². The number of rotatable bonds is 3. The summed E-state index contributed by atoms with van der Waals surface area (Å²) in [4.78, 5) is 11.5. The van der Waals surface area contributed by atoms with Crippen molar-refractivity contribution in [2.75, 3.05) is 0 Å². The van der Waals surface area contributed by atoms with Crippen LogP contribution in [0.3, 0.4) is 0 Å². The van der Waals surface area contributed by atoms with Crippen molar-refractivity contribution in [1.82, 2.24) is 5.32 Å². The summed E-state index contributed by atoms with van der Waals surface area (Å²) in [5.74, 6) is -0.0318. The highest BCUT2D eigenvalue weighted by Gasteiger charge is 2.05. The molecule has 0 saturated heterocycles. The number of hydrogen-bond donors (Lipinski definition) is 1. The minimum Gasteiger partial charge on any atom is -0.350 e. The molecule has 0 saturated carbocycles. The summed E-state index contributed by atoms with van der Waals surface area (Å²) in [5, 5.41) is 2.83. The summed E-state index contributed by atoms with van der Waals surface area (Å²) in [6, 6.07) is 7.52. The first-order valence-electron chi connectivity index (χ1n) is 4.67. The molecule has 0 unspecified atom stereocenters. The maximum absolute atomic E-state index is 11.5. The Labute approximate surface area is 84.6 Å². The van der Waals surface area contributed by atoms with Gasteiger partial charge in [-0.1, -0.05) is 24.8 Å². The molecule has 0 aliphatic heterocycles. The van der Waals surface area contributed by atoms with Crippen LogP contribution in [0.4, 0.5) is 0 Å². The van der Waals surface area contributed by atoms with E-state index >= 15 is 0 Å². The molecule has 1 rings (SSSR count). The smallest absolute Gasteiger partial charge is 0.251 e. The van der Waals surface area contributed by atoms with Gasteiger partial charge in [0.25, 0.3) is 5.91 Å². The summed E-state index contributed by atoms with van der Waals surface area (Å²) in [7, 11) is 0. The average molecular weight is 189 g/mol. The van der Waals surface area contributed by atoms with E-state index in [-0.39, 0.29) is 11.9 Å². The summed E-state index contributed by atoms with van der Waals surface area (Å²) in [5.41, 5.74) is 1.70. The van der Waals surface area contributed by atoms with E-state index in [2.05, 4.69) is 11.9 Å². The van der Waals surface area contributed by atoms with Gasteiger partial charge in [0.2, 0.25) is 0 Å². The van der Waals surface area contributed by atoms with E-state index in [0.717, 1.165) is 5.56 Å². The Hall–Kier alpha value is -1.57. The van der Waals surface area contributed by atoms with Crippen molar-refractivity contribution in [3.63, 3.8) is 0 Å². The monoisotopic (exact) mass is 189 g/mol. The molecule has 1 aromatic carbocycles. The number of benzene rings is 1. The quantitative estimate of drug-likeness (QED) is 0.777. The molecule has 0 aromatic heterocycles. The molecule has 0 spiro atoms. The van der Waals surface area contributed by atoms with Crippen LogP contribution in [0.15, 0.2) is 30.8 Å². The lowest BCUT2D eigenvalue weighted by Crippen LogP contribution is -2.29. The zero-order valence-corrected chi connectivity index (χ0v) is 8.58.